The van der Waals surface area contributed by atoms with Gasteiger partial charge in [-0.2, -0.15) is 0 Å². The van der Waals surface area contributed by atoms with Crippen LogP contribution < -0.4 is 10.6 Å². The minimum Gasteiger partial charge on any atom is -0.358 e. The van der Waals surface area contributed by atoms with Crippen molar-refractivity contribution in [2.24, 2.45) is 11.1 Å². The third-order valence-electron chi connectivity index (χ3n) is 2.99. The smallest absolute Gasteiger partial charge is 0.291 e. The number of pyridine rings is 1. The molecule has 1 heterocycles. The lowest BCUT2D eigenvalue weighted by Crippen LogP contribution is -2.37. The molecular formula is C12H19BrN4O2. The van der Waals surface area contributed by atoms with E-state index in [2.05, 4.69) is 34.8 Å². The second-order valence-corrected chi connectivity index (χ2v) is 6.18. The molecule has 0 radical (unpaired) electrons. The molecule has 7 heteroatoms. The first-order chi connectivity index (χ1) is 8.69. The Morgan fingerprint density at radius 1 is 1.58 bits per heavy atom. The Bertz CT molecular complexity index is 491. The molecule has 1 aromatic heterocycles. The number of nitro groups is 1. The van der Waals surface area contributed by atoms with E-state index in [0.717, 1.165) is 0 Å². The van der Waals surface area contributed by atoms with E-state index in [9.17, 15) is 10.1 Å². The fourth-order valence-corrected chi connectivity index (χ4v) is 2.40. The topological polar surface area (TPSA) is 85.3 Å². The van der Waals surface area contributed by atoms with Gasteiger partial charge in [-0.15, -0.1) is 0 Å². The minimum absolute atomic E-state index is 0.0158. The summed E-state index contributed by atoms with van der Waals surface area (Å²) in [6.45, 7) is 7.11. The average molecular weight is 331 g/mol. The first kappa shape index (κ1) is 15.8. The fraction of sp³-hybridized carbons (Fsp3) is 0.583. The van der Waals surface area contributed by atoms with E-state index in [4.69, 9.17) is 5.73 Å². The molecule has 1 aromatic rings. The van der Waals surface area contributed by atoms with Crippen LogP contribution in [-0.2, 0) is 0 Å². The molecule has 0 aliphatic heterocycles. The highest BCUT2D eigenvalue weighted by molar-refractivity contribution is 9.10. The van der Waals surface area contributed by atoms with E-state index < -0.39 is 4.92 Å². The maximum absolute atomic E-state index is 10.8. The van der Waals surface area contributed by atoms with Crippen LogP contribution in [0.25, 0.3) is 0 Å². The van der Waals surface area contributed by atoms with E-state index in [0.29, 0.717) is 28.9 Å². The van der Waals surface area contributed by atoms with Gasteiger partial charge >= 0.3 is 0 Å². The number of nitrogens with two attached hydrogens (primary N) is 1. The van der Waals surface area contributed by atoms with Crippen LogP contribution in [0.3, 0.4) is 0 Å². The molecule has 0 unspecified atom stereocenters. The van der Waals surface area contributed by atoms with Crippen LogP contribution in [0.15, 0.2) is 10.7 Å². The predicted octanol–water partition coefficient (Wildman–Crippen LogP) is 2.48. The Morgan fingerprint density at radius 3 is 2.63 bits per heavy atom. The molecule has 0 amide bonds. The summed E-state index contributed by atoms with van der Waals surface area (Å²) in [6.07, 6.45) is 1.29. The summed E-state index contributed by atoms with van der Waals surface area (Å²) in [4.78, 5) is 16.5. The average Bonchev–Trinajstić information content (AvgIpc) is 2.31. The summed E-state index contributed by atoms with van der Waals surface area (Å²) >= 11 is 3.39. The summed E-state index contributed by atoms with van der Waals surface area (Å²) in [7, 11) is 1.90. The van der Waals surface area contributed by atoms with E-state index in [-0.39, 0.29) is 11.1 Å². The largest absolute Gasteiger partial charge is 0.358 e. The van der Waals surface area contributed by atoms with Crippen LogP contribution in [0.5, 0.6) is 0 Å². The lowest BCUT2D eigenvalue weighted by Gasteiger charge is -2.30. The lowest BCUT2D eigenvalue weighted by atomic mass is 9.93. The van der Waals surface area contributed by atoms with E-state index >= 15 is 0 Å². The Labute approximate surface area is 121 Å². The van der Waals surface area contributed by atoms with Gasteiger partial charge in [-0.3, -0.25) is 10.1 Å². The molecule has 0 aromatic carbocycles. The summed E-state index contributed by atoms with van der Waals surface area (Å²) in [5.41, 5.74) is 6.26. The number of nitrogens with zero attached hydrogens (tertiary/aromatic N) is 3. The molecule has 0 saturated carbocycles. The predicted molar refractivity (Wildman–Crippen MR) is 79.4 cm³/mol. The summed E-state index contributed by atoms with van der Waals surface area (Å²) < 4.78 is 0.650. The molecule has 2 N–H and O–H groups in total. The molecular weight excluding hydrogens is 312 g/mol. The van der Waals surface area contributed by atoms with Crippen molar-refractivity contribution in [3.63, 3.8) is 0 Å². The van der Waals surface area contributed by atoms with E-state index in [1.807, 2.05) is 11.9 Å². The first-order valence-corrected chi connectivity index (χ1v) is 6.69. The Hall–Kier alpha value is -1.21. The van der Waals surface area contributed by atoms with Crippen molar-refractivity contribution in [2.75, 3.05) is 25.0 Å². The van der Waals surface area contributed by atoms with E-state index in [1.165, 1.54) is 6.20 Å². The van der Waals surface area contributed by atoms with Gasteiger partial charge in [0, 0.05) is 19.2 Å². The van der Waals surface area contributed by atoms with Gasteiger partial charge < -0.3 is 10.6 Å². The zero-order chi connectivity index (χ0) is 14.8. The van der Waals surface area contributed by atoms with Gasteiger partial charge in [0.15, 0.2) is 0 Å². The van der Waals surface area contributed by atoms with Gasteiger partial charge in [0.05, 0.1) is 9.40 Å². The van der Waals surface area contributed by atoms with Crippen LogP contribution in [0, 0.1) is 22.5 Å². The van der Waals surface area contributed by atoms with Gasteiger partial charge in [0.25, 0.3) is 5.69 Å². The normalized spacial score (nSPS) is 11.5. The molecule has 0 bridgehead atoms. The fourth-order valence-electron chi connectivity index (χ4n) is 1.79. The standard InChI is InChI=1S/C12H19BrN4O2/c1-8-9(17(18)19)5-15-11(10(8)13)16(4)7-12(2,3)6-14/h5H,6-7,14H2,1-4H3. The number of hydrogen-bond acceptors (Lipinski definition) is 5. The number of anilines is 1. The highest BCUT2D eigenvalue weighted by Gasteiger charge is 2.23. The zero-order valence-electron chi connectivity index (χ0n) is 11.6. The third-order valence-corrected chi connectivity index (χ3v) is 3.94. The van der Waals surface area contributed by atoms with Crippen LogP contribution in [0.1, 0.15) is 19.4 Å². The molecule has 6 nitrogen and oxygen atoms in total. The van der Waals surface area contributed by atoms with Gasteiger partial charge in [-0.1, -0.05) is 13.8 Å². The highest BCUT2D eigenvalue weighted by Crippen LogP contribution is 2.33. The van der Waals surface area contributed by atoms with Crippen LogP contribution in [0.2, 0.25) is 0 Å². The molecule has 0 fully saturated rings. The molecule has 0 saturated heterocycles. The van der Waals surface area contributed by atoms with Crippen molar-refractivity contribution in [1.82, 2.24) is 4.98 Å². The minimum atomic E-state index is -0.430. The SMILES string of the molecule is Cc1c([N+](=O)[O-])cnc(N(C)CC(C)(C)CN)c1Br. The summed E-state index contributed by atoms with van der Waals surface area (Å²) in [5, 5.41) is 10.8. The highest BCUT2D eigenvalue weighted by atomic mass is 79.9. The van der Waals surface area contributed by atoms with Gasteiger partial charge in [0.1, 0.15) is 12.0 Å². The van der Waals surface area contributed by atoms with Crippen molar-refractivity contribution in [3.8, 4) is 0 Å². The monoisotopic (exact) mass is 330 g/mol. The molecule has 1 rings (SSSR count). The number of aromatic nitrogens is 1. The van der Waals surface area contributed by atoms with Crippen molar-refractivity contribution in [3.05, 3.63) is 26.3 Å². The number of halogens is 1. The second kappa shape index (κ2) is 5.83. The molecule has 0 aliphatic rings. The van der Waals surface area contributed by atoms with E-state index in [1.54, 1.807) is 6.92 Å². The van der Waals surface area contributed by atoms with Gasteiger partial charge in [-0.25, -0.2) is 4.98 Å². The lowest BCUT2D eigenvalue weighted by molar-refractivity contribution is -0.385. The van der Waals surface area contributed by atoms with Gasteiger partial charge in [0.2, 0.25) is 0 Å². The van der Waals surface area contributed by atoms with Crippen LogP contribution >= 0.6 is 15.9 Å². The molecule has 0 aliphatic carbocycles. The van der Waals surface area contributed by atoms with Crippen LogP contribution in [-0.4, -0.2) is 30.0 Å². The maximum atomic E-state index is 10.8. The molecule has 0 spiro atoms. The number of rotatable bonds is 5. The van der Waals surface area contributed by atoms with Crippen molar-refractivity contribution < 1.29 is 4.92 Å². The Kier molecular flexibility index (Phi) is 4.86. The van der Waals surface area contributed by atoms with Crippen molar-refractivity contribution in [1.29, 1.82) is 0 Å². The zero-order valence-corrected chi connectivity index (χ0v) is 13.2. The Morgan fingerprint density at radius 2 is 2.16 bits per heavy atom. The first-order valence-electron chi connectivity index (χ1n) is 5.90. The summed E-state index contributed by atoms with van der Waals surface area (Å²) in [5.74, 6) is 0.685. The third kappa shape index (κ3) is 3.63. The maximum Gasteiger partial charge on any atom is 0.291 e. The van der Waals surface area contributed by atoms with Crippen LogP contribution in [0.4, 0.5) is 11.5 Å². The van der Waals surface area contributed by atoms with Crippen molar-refractivity contribution >= 4 is 27.4 Å². The quantitative estimate of drug-likeness (QED) is 0.662. The molecule has 0 atom stereocenters. The van der Waals surface area contributed by atoms with Crippen molar-refractivity contribution in [2.45, 2.75) is 20.8 Å². The Balaban J connectivity index is 3.09. The van der Waals surface area contributed by atoms with Gasteiger partial charge in [-0.05, 0) is 34.8 Å². The molecule has 106 valence electrons. The molecule has 19 heavy (non-hydrogen) atoms. The number of hydrogen-bond donors (Lipinski definition) is 1. The summed E-state index contributed by atoms with van der Waals surface area (Å²) in [6, 6.07) is 0. The second-order valence-electron chi connectivity index (χ2n) is 5.39.